The number of amides is 1. The number of likely N-dealkylation sites (tertiary alicyclic amines) is 1. The van der Waals surface area contributed by atoms with Crippen molar-refractivity contribution < 1.29 is 18.7 Å². The highest BCUT2D eigenvalue weighted by Crippen LogP contribution is 2.17. The van der Waals surface area contributed by atoms with Gasteiger partial charge in [0.1, 0.15) is 11.9 Å². The third-order valence-corrected chi connectivity index (χ3v) is 4.09. The van der Waals surface area contributed by atoms with Gasteiger partial charge >= 0.3 is 6.01 Å². The monoisotopic (exact) mass is 360 g/mol. The Morgan fingerprint density at radius 1 is 1.35 bits per heavy atom. The van der Waals surface area contributed by atoms with Gasteiger partial charge in [-0.1, -0.05) is 12.1 Å². The number of halogens is 1. The Kier molecular flexibility index (Phi) is 5.96. The topological polar surface area (TPSA) is 76.6 Å². The number of methoxy groups -OCH3 is 1. The number of hydrogen-bond acceptors (Lipinski definition) is 6. The van der Waals surface area contributed by atoms with Crippen molar-refractivity contribution in [2.75, 3.05) is 32.1 Å². The highest BCUT2D eigenvalue weighted by Gasteiger charge is 2.24. The third kappa shape index (κ3) is 4.89. The molecule has 1 N–H and O–H groups in total. The molecule has 1 aliphatic heterocycles. The molecule has 26 heavy (non-hydrogen) atoms. The Bertz CT molecular complexity index is 741. The Morgan fingerprint density at radius 3 is 2.85 bits per heavy atom. The van der Waals surface area contributed by atoms with E-state index in [1.807, 2.05) is 4.90 Å². The molecule has 1 atom stereocenters. The maximum atomic E-state index is 13.6. The lowest BCUT2D eigenvalue weighted by atomic mass is 10.1. The first-order chi connectivity index (χ1) is 12.6. The van der Waals surface area contributed by atoms with Crippen LogP contribution in [0, 0.1) is 5.82 Å². The van der Waals surface area contributed by atoms with Crippen LogP contribution in [0.5, 0.6) is 11.8 Å². The van der Waals surface area contributed by atoms with Crippen molar-refractivity contribution >= 4 is 11.6 Å². The van der Waals surface area contributed by atoms with Gasteiger partial charge in [0, 0.05) is 6.54 Å². The minimum atomic E-state index is -0.447. The highest BCUT2D eigenvalue weighted by molar-refractivity contribution is 5.92. The summed E-state index contributed by atoms with van der Waals surface area (Å²) < 4.78 is 24.4. The zero-order valence-electron chi connectivity index (χ0n) is 14.5. The maximum absolute atomic E-state index is 13.6. The predicted molar refractivity (Wildman–Crippen MR) is 93.7 cm³/mol. The number of anilines is 1. The number of carbonyl (C=O) groups excluding carboxylic acids is 1. The Hall–Kier alpha value is -2.74. The fourth-order valence-electron chi connectivity index (χ4n) is 2.83. The van der Waals surface area contributed by atoms with Crippen LogP contribution in [0.2, 0.25) is 0 Å². The first-order valence-electron chi connectivity index (χ1n) is 8.43. The fourth-order valence-corrected chi connectivity index (χ4v) is 2.83. The molecule has 2 aromatic rings. The number of piperidine rings is 1. The summed E-state index contributed by atoms with van der Waals surface area (Å²) in [6.45, 7) is 1.55. The second-order valence-electron chi connectivity index (χ2n) is 6.05. The summed E-state index contributed by atoms with van der Waals surface area (Å²) in [7, 11) is 1.55. The van der Waals surface area contributed by atoms with Crippen LogP contribution in [0.25, 0.3) is 0 Å². The zero-order chi connectivity index (χ0) is 18.4. The van der Waals surface area contributed by atoms with E-state index < -0.39 is 5.82 Å². The van der Waals surface area contributed by atoms with Crippen LogP contribution < -0.4 is 14.8 Å². The van der Waals surface area contributed by atoms with E-state index in [9.17, 15) is 9.18 Å². The predicted octanol–water partition coefficient (Wildman–Crippen LogP) is 2.11. The molecule has 3 rings (SSSR count). The van der Waals surface area contributed by atoms with E-state index >= 15 is 0 Å². The van der Waals surface area contributed by atoms with Crippen LogP contribution in [0.15, 0.2) is 36.7 Å². The van der Waals surface area contributed by atoms with Crippen LogP contribution in [-0.2, 0) is 4.79 Å². The van der Waals surface area contributed by atoms with Gasteiger partial charge in [0.05, 0.1) is 31.7 Å². The SMILES string of the molecule is COc1cnc(OC2CCCN(CC(=O)Nc3ccccc3F)C2)nc1. The second kappa shape index (κ2) is 8.57. The van der Waals surface area contributed by atoms with E-state index in [1.165, 1.54) is 12.1 Å². The molecule has 2 heterocycles. The number of aromatic nitrogens is 2. The number of para-hydroxylation sites is 1. The van der Waals surface area contributed by atoms with Gasteiger partial charge in [0.15, 0.2) is 5.75 Å². The average Bonchev–Trinajstić information content (AvgIpc) is 2.64. The summed E-state index contributed by atoms with van der Waals surface area (Å²) in [5, 5.41) is 2.60. The summed E-state index contributed by atoms with van der Waals surface area (Å²) in [4.78, 5) is 22.3. The molecule has 0 radical (unpaired) electrons. The fraction of sp³-hybridized carbons (Fsp3) is 0.389. The molecule has 1 aliphatic rings. The van der Waals surface area contributed by atoms with Gasteiger partial charge in [0.25, 0.3) is 0 Å². The van der Waals surface area contributed by atoms with Crippen molar-refractivity contribution in [1.82, 2.24) is 14.9 Å². The van der Waals surface area contributed by atoms with Crippen molar-refractivity contribution in [3.63, 3.8) is 0 Å². The van der Waals surface area contributed by atoms with E-state index in [0.717, 1.165) is 19.4 Å². The van der Waals surface area contributed by atoms with Crippen LogP contribution in [0.1, 0.15) is 12.8 Å². The van der Waals surface area contributed by atoms with Crippen LogP contribution in [0.4, 0.5) is 10.1 Å². The number of nitrogens with one attached hydrogen (secondary N) is 1. The molecule has 0 bridgehead atoms. The Labute approximate surface area is 151 Å². The largest absolute Gasteiger partial charge is 0.494 e. The van der Waals surface area contributed by atoms with Crippen molar-refractivity contribution in [2.24, 2.45) is 0 Å². The van der Waals surface area contributed by atoms with E-state index in [-0.39, 0.29) is 30.3 Å². The summed E-state index contributed by atoms with van der Waals surface area (Å²) in [6.07, 6.45) is 4.75. The van der Waals surface area contributed by atoms with Crippen molar-refractivity contribution in [1.29, 1.82) is 0 Å². The molecule has 1 aromatic heterocycles. The standard InChI is InChI=1S/C18H21FN4O3/c1-25-14-9-20-18(21-10-14)26-13-5-4-8-23(11-13)12-17(24)22-16-7-3-2-6-15(16)19/h2-3,6-7,9-10,13H,4-5,8,11-12H2,1H3,(H,22,24). The number of ether oxygens (including phenoxy) is 2. The summed E-state index contributed by atoms with van der Waals surface area (Å²) in [5.41, 5.74) is 0.189. The van der Waals surface area contributed by atoms with Crippen LogP contribution >= 0.6 is 0 Å². The van der Waals surface area contributed by atoms with E-state index in [1.54, 1.807) is 31.6 Å². The first-order valence-corrected chi connectivity index (χ1v) is 8.43. The van der Waals surface area contributed by atoms with Crippen LogP contribution in [0.3, 0.4) is 0 Å². The van der Waals surface area contributed by atoms with E-state index in [4.69, 9.17) is 9.47 Å². The summed E-state index contributed by atoms with van der Waals surface area (Å²) in [6, 6.07) is 6.40. The molecule has 1 saturated heterocycles. The Morgan fingerprint density at radius 2 is 2.12 bits per heavy atom. The molecule has 0 spiro atoms. The summed E-state index contributed by atoms with van der Waals surface area (Å²) >= 11 is 0. The molecule has 0 aliphatic carbocycles. The highest BCUT2D eigenvalue weighted by atomic mass is 19.1. The quantitative estimate of drug-likeness (QED) is 0.850. The molecule has 7 nitrogen and oxygen atoms in total. The molecule has 1 aromatic carbocycles. The lowest BCUT2D eigenvalue weighted by molar-refractivity contribution is -0.117. The van der Waals surface area contributed by atoms with Gasteiger partial charge in [0.2, 0.25) is 5.91 Å². The molecular weight excluding hydrogens is 339 g/mol. The van der Waals surface area contributed by atoms with Crippen LogP contribution in [-0.4, -0.2) is 53.6 Å². The van der Waals surface area contributed by atoms with Crippen molar-refractivity contribution in [3.8, 4) is 11.8 Å². The minimum Gasteiger partial charge on any atom is -0.494 e. The average molecular weight is 360 g/mol. The maximum Gasteiger partial charge on any atom is 0.316 e. The van der Waals surface area contributed by atoms with Gasteiger partial charge in [-0.3, -0.25) is 9.69 Å². The zero-order valence-corrected chi connectivity index (χ0v) is 14.5. The molecular formula is C18H21FN4O3. The van der Waals surface area contributed by atoms with Gasteiger partial charge in [-0.05, 0) is 31.5 Å². The number of carbonyl (C=O) groups is 1. The summed E-state index contributed by atoms with van der Waals surface area (Å²) in [5.74, 6) is -0.138. The van der Waals surface area contributed by atoms with E-state index in [2.05, 4.69) is 15.3 Å². The molecule has 1 fully saturated rings. The minimum absolute atomic E-state index is 0.0987. The molecule has 138 valence electrons. The molecule has 1 amide bonds. The van der Waals surface area contributed by atoms with Gasteiger partial charge in [-0.2, -0.15) is 9.97 Å². The number of hydrogen-bond donors (Lipinski definition) is 1. The van der Waals surface area contributed by atoms with Gasteiger partial charge in [-0.15, -0.1) is 0 Å². The number of benzene rings is 1. The normalized spacial score (nSPS) is 17.5. The smallest absolute Gasteiger partial charge is 0.316 e. The molecule has 1 unspecified atom stereocenters. The van der Waals surface area contributed by atoms with Crippen molar-refractivity contribution in [2.45, 2.75) is 18.9 Å². The first kappa shape index (κ1) is 18.1. The lowest BCUT2D eigenvalue weighted by Gasteiger charge is -2.31. The van der Waals surface area contributed by atoms with Crippen molar-refractivity contribution in [3.05, 3.63) is 42.5 Å². The lowest BCUT2D eigenvalue weighted by Crippen LogP contribution is -2.44. The second-order valence-corrected chi connectivity index (χ2v) is 6.05. The van der Waals surface area contributed by atoms with Gasteiger partial charge < -0.3 is 14.8 Å². The van der Waals surface area contributed by atoms with E-state index in [0.29, 0.717) is 12.3 Å². The third-order valence-electron chi connectivity index (χ3n) is 4.09. The molecule has 8 heteroatoms. The number of nitrogens with zero attached hydrogens (tertiary/aromatic N) is 3. The van der Waals surface area contributed by atoms with Gasteiger partial charge in [-0.25, -0.2) is 4.39 Å². The molecule has 0 saturated carbocycles. The Balaban J connectivity index is 1.51. The number of rotatable bonds is 6.